The average Bonchev–Trinajstić information content (AvgIpc) is 3.06. The summed E-state index contributed by atoms with van der Waals surface area (Å²) in [5.74, 6) is 1.23. The molecule has 0 saturated heterocycles. The van der Waals surface area contributed by atoms with Gasteiger partial charge in [0.25, 0.3) is 0 Å². The van der Waals surface area contributed by atoms with Crippen LogP contribution in [-0.4, -0.2) is 23.7 Å². The number of nitrogens with zero attached hydrogens (tertiary/aromatic N) is 3. The minimum atomic E-state index is -0.319. The summed E-state index contributed by atoms with van der Waals surface area (Å²) in [6, 6.07) is 6.03. The van der Waals surface area contributed by atoms with Gasteiger partial charge < -0.3 is 15.2 Å². The fraction of sp³-hybridized carbons (Fsp3) is 0.467. The SMILES string of the molecule is CCCc1nc(C(N)c2ccc3c(c2)CCN3C)no1. The molecule has 1 aliphatic rings. The molecule has 2 heterocycles. The quantitative estimate of drug-likeness (QED) is 0.922. The largest absolute Gasteiger partial charge is 0.374 e. The number of rotatable bonds is 4. The zero-order valence-corrected chi connectivity index (χ0v) is 12.0. The maximum Gasteiger partial charge on any atom is 0.226 e. The van der Waals surface area contributed by atoms with Crippen LogP contribution in [0.2, 0.25) is 0 Å². The van der Waals surface area contributed by atoms with E-state index in [0.29, 0.717) is 11.7 Å². The highest BCUT2D eigenvalue weighted by atomic mass is 16.5. The molecule has 1 aliphatic heterocycles. The van der Waals surface area contributed by atoms with E-state index >= 15 is 0 Å². The molecule has 0 aliphatic carbocycles. The van der Waals surface area contributed by atoms with E-state index in [-0.39, 0.29) is 6.04 Å². The Morgan fingerprint density at radius 2 is 2.30 bits per heavy atom. The van der Waals surface area contributed by atoms with Crippen LogP contribution >= 0.6 is 0 Å². The molecule has 0 fully saturated rings. The lowest BCUT2D eigenvalue weighted by Crippen LogP contribution is -2.14. The number of anilines is 1. The van der Waals surface area contributed by atoms with Crippen LogP contribution in [0.5, 0.6) is 0 Å². The van der Waals surface area contributed by atoms with E-state index in [0.717, 1.165) is 31.4 Å². The molecule has 5 heteroatoms. The van der Waals surface area contributed by atoms with Crippen LogP contribution in [-0.2, 0) is 12.8 Å². The Morgan fingerprint density at radius 3 is 3.10 bits per heavy atom. The van der Waals surface area contributed by atoms with E-state index in [1.807, 2.05) is 0 Å². The van der Waals surface area contributed by atoms with E-state index < -0.39 is 0 Å². The first-order chi connectivity index (χ1) is 9.69. The fourth-order valence-corrected chi connectivity index (χ4v) is 2.64. The summed E-state index contributed by atoms with van der Waals surface area (Å²) in [6.45, 7) is 3.15. The molecule has 3 rings (SSSR count). The van der Waals surface area contributed by atoms with Crippen LogP contribution in [0.1, 0.15) is 42.2 Å². The Balaban J connectivity index is 1.84. The Labute approximate surface area is 118 Å². The van der Waals surface area contributed by atoms with Crippen molar-refractivity contribution in [3.63, 3.8) is 0 Å². The molecule has 1 aromatic heterocycles. The predicted octanol–water partition coefficient (Wildman–Crippen LogP) is 2.06. The van der Waals surface area contributed by atoms with Crippen LogP contribution in [0, 0.1) is 0 Å². The number of likely N-dealkylation sites (N-methyl/N-ethyl adjacent to an activating group) is 1. The van der Waals surface area contributed by atoms with Crippen molar-refractivity contribution in [1.29, 1.82) is 0 Å². The van der Waals surface area contributed by atoms with Crippen molar-refractivity contribution in [1.82, 2.24) is 10.1 Å². The van der Waals surface area contributed by atoms with Gasteiger partial charge in [-0.2, -0.15) is 4.98 Å². The lowest BCUT2D eigenvalue weighted by Gasteiger charge is -2.13. The number of aryl methyl sites for hydroxylation is 1. The molecule has 0 bridgehead atoms. The Hall–Kier alpha value is -1.88. The van der Waals surface area contributed by atoms with Crippen LogP contribution in [0.25, 0.3) is 0 Å². The summed E-state index contributed by atoms with van der Waals surface area (Å²) < 4.78 is 5.21. The number of fused-ring (bicyclic) bond motifs is 1. The third kappa shape index (κ3) is 2.29. The summed E-state index contributed by atoms with van der Waals surface area (Å²) in [6.07, 6.45) is 2.86. The normalized spacial score (nSPS) is 15.4. The highest BCUT2D eigenvalue weighted by Crippen LogP contribution is 2.30. The first-order valence-corrected chi connectivity index (χ1v) is 7.11. The van der Waals surface area contributed by atoms with Gasteiger partial charge in [0.15, 0.2) is 5.82 Å². The van der Waals surface area contributed by atoms with Gasteiger partial charge in [-0.25, -0.2) is 0 Å². The maximum absolute atomic E-state index is 6.26. The molecule has 2 N–H and O–H groups in total. The van der Waals surface area contributed by atoms with Gasteiger partial charge in [-0.3, -0.25) is 0 Å². The number of hydrogen-bond donors (Lipinski definition) is 1. The second-order valence-electron chi connectivity index (χ2n) is 5.33. The minimum absolute atomic E-state index is 0.319. The molecular weight excluding hydrogens is 252 g/mol. The topological polar surface area (TPSA) is 68.2 Å². The summed E-state index contributed by atoms with van der Waals surface area (Å²) in [7, 11) is 2.11. The van der Waals surface area contributed by atoms with Gasteiger partial charge in [0.1, 0.15) is 0 Å². The molecule has 0 spiro atoms. The van der Waals surface area contributed by atoms with Crippen LogP contribution < -0.4 is 10.6 Å². The molecule has 1 atom stereocenters. The van der Waals surface area contributed by atoms with Gasteiger partial charge in [-0.05, 0) is 30.0 Å². The number of aromatic nitrogens is 2. The summed E-state index contributed by atoms with van der Waals surface area (Å²) in [4.78, 5) is 6.63. The van der Waals surface area contributed by atoms with E-state index in [1.54, 1.807) is 0 Å². The second kappa shape index (κ2) is 5.25. The third-order valence-corrected chi connectivity index (χ3v) is 3.82. The molecule has 2 aromatic rings. The van der Waals surface area contributed by atoms with Gasteiger partial charge in [-0.15, -0.1) is 0 Å². The second-order valence-corrected chi connectivity index (χ2v) is 5.33. The number of nitrogens with two attached hydrogens (primary N) is 1. The van der Waals surface area contributed by atoms with Crippen molar-refractivity contribution in [2.45, 2.75) is 32.2 Å². The first kappa shape index (κ1) is 13.1. The van der Waals surface area contributed by atoms with Crippen molar-refractivity contribution in [3.8, 4) is 0 Å². The standard InChI is InChI=1S/C15H20N4O/c1-3-4-13-17-15(18-20-13)14(16)11-5-6-12-10(9-11)7-8-19(12)2/h5-6,9,14H,3-4,7-8,16H2,1-2H3. The fourth-order valence-electron chi connectivity index (χ4n) is 2.64. The average molecular weight is 272 g/mol. The summed E-state index contributed by atoms with van der Waals surface area (Å²) in [5, 5.41) is 4.00. The highest BCUT2D eigenvalue weighted by Gasteiger charge is 2.20. The lowest BCUT2D eigenvalue weighted by molar-refractivity contribution is 0.370. The number of hydrogen-bond acceptors (Lipinski definition) is 5. The van der Waals surface area contributed by atoms with E-state index in [4.69, 9.17) is 10.3 Å². The molecule has 1 unspecified atom stereocenters. The van der Waals surface area contributed by atoms with Gasteiger partial charge in [0.2, 0.25) is 5.89 Å². The summed E-state index contributed by atoms with van der Waals surface area (Å²) in [5.41, 5.74) is 9.94. The molecule has 106 valence electrons. The van der Waals surface area contributed by atoms with Crippen molar-refractivity contribution in [2.24, 2.45) is 5.73 Å². The smallest absolute Gasteiger partial charge is 0.226 e. The van der Waals surface area contributed by atoms with Crippen LogP contribution in [0.4, 0.5) is 5.69 Å². The van der Waals surface area contributed by atoms with Crippen molar-refractivity contribution in [2.75, 3.05) is 18.5 Å². The monoisotopic (exact) mass is 272 g/mol. The highest BCUT2D eigenvalue weighted by molar-refractivity contribution is 5.59. The molecular formula is C15H20N4O. The zero-order chi connectivity index (χ0) is 14.1. The summed E-state index contributed by atoms with van der Waals surface area (Å²) >= 11 is 0. The van der Waals surface area contributed by atoms with Gasteiger partial charge in [0.05, 0.1) is 6.04 Å². The van der Waals surface area contributed by atoms with Crippen LogP contribution in [0.15, 0.2) is 22.7 Å². The molecule has 0 radical (unpaired) electrons. The maximum atomic E-state index is 6.26. The molecule has 20 heavy (non-hydrogen) atoms. The van der Waals surface area contributed by atoms with Crippen LogP contribution in [0.3, 0.4) is 0 Å². The Bertz CT molecular complexity index is 608. The van der Waals surface area contributed by atoms with Crippen molar-refractivity contribution < 1.29 is 4.52 Å². The minimum Gasteiger partial charge on any atom is -0.374 e. The van der Waals surface area contributed by atoms with E-state index in [2.05, 4.69) is 47.2 Å². The van der Waals surface area contributed by atoms with Gasteiger partial charge in [-0.1, -0.05) is 24.2 Å². The van der Waals surface area contributed by atoms with E-state index in [1.165, 1.54) is 11.3 Å². The van der Waals surface area contributed by atoms with Gasteiger partial charge in [0, 0.05) is 25.7 Å². The Morgan fingerprint density at radius 1 is 1.45 bits per heavy atom. The molecule has 0 saturated carbocycles. The van der Waals surface area contributed by atoms with Crippen molar-refractivity contribution >= 4 is 5.69 Å². The first-order valence-electron chi connectivity index (χ1n) is 7.11. The molecule has 0 amide bonds. The lowest BCUT2D eigenvalue weighted by atomic mass is 10.0. The predicted molar refractivity (Wildman–Crippen MR) is 77.7 cm³/mol. The number of benzene rings is 1. The zero-order valence-electron chi connectivity index (χ0n) is 12.0. The Kier molecular flexibility index (Phi) is 3.44. The molecule has 1 aromatic carbocycles. The third-order valence-electron chi connectivity index (χ3n) is 3.82. The molecule has 5 nitrogen and oxygen atoms in total. The van der Waals surface area contributed by atoms with Gasteiger partial charge >= 0.3 is 0 Å². The van der Waals surface area contributed by atoms with E-state index in [9.17, 15) is 0 Å². The van der Waals surface area contributed by atoms with Crippen molar-refractivity contribution in [3.05, 3.63) is 41.0 Å².